The summed E-state index contributed by atoms with van der Waals surface area (Å²) < 4.78 is 11.8. The quantitative estimate of drug-likeness (QED) is 0.540. The molecule has 4 rings (SSSR count). The van der Waals surface area contributed by atoms with Gasteiger partial charge in [0.2, 0.25) is 0 Å². The molecular weight excluding hydrogens is 465 g/mol. The average molecular weight is 490 g/mol. The second-order valence-corrected chi connectivity index (χ2v) is 9.86. The van der Waals surface area contributed by atoms with Gasteiger partial charge in [0.15, 0.2) is 5.75 Å². The van der Waals surface area contributed by atoms with E-state index < -0.39 is 11.7 Å². The summed E-state index contributed by atoms with van der Waals surface area (Å²) in [7, 11) is 0. The molecule has 9 heteroatoms. The van der Waals surface area contributed by atoms with E-state index in [9.17, 15) is 9.59 Å². The number of piperazine rings is 1. The number of aromatic nitrogens is 1. The van der Waals surface area contributed by atoms with Crippen molar-refractivity contribution in [2.24, 2.45) is 0 Å². The van der Waals surface area contributed by atoms with Crippen molar-refractivity contribution in [1.29, 1.82) is 0 Å². The maximum atomic E-state index is 12.4. The first-order chi connectivity index (χ1) is 15.7. The standard InChI is InChI=1S/C24H25Cl2N3O4/c1-24(2,3)33-23(31)29-9-7-28(8-10-29)19-6-4-5-17-15(14-30)11-20(32-22(17)19)21-18(26)12-16(25)13-27-21/h4-6,12-13,20H,7-11H2,1-3H3. The molecule has 7 nitrogen and oxygen atoms in total. The van der Waals surface area contributed by atoms with Crippen LogP contribution in [0, 0.1) is 0 Å². The fourth-order valence-corrected chi connectivity index (χ4v) is 4.48. The Morgan fingerprint density at radius 2 is 1.94 bits per heavy atom. The minimum absolute atomic E-state index is 0.306. The molecule has 0 spiro atoms. The zero-order valence-corrected chi connectivity index (χ0v) is 20.2. The van der Waals surface area contributed by atoms with Gasteiger partial charge in [-0.1, -0.05) is 35.3 Å². The highest BCUT2D eigenvalue weighted by atomic mass is 35.5. The molecule has 174 valence electrons. The van der Waals surface area contributed by atoms with Gasteiger partial charge in [-0.15, -0.1) is 0 Å². The first-order valence-corrected chi connectivity index (χ1v) is 11.5. The molecule has 1 fully saturated rings. The van der Waals surface area contributed by atoms with Crippen molar-refractivity contribution >= 4 is 46.5 Å². The van der Waals surface area contributed by atoms with Crippen molar-refractivity contribution in [3.8, 4) is 5.75 Å². The Kier molecular flexibility index (Phi) is 6.57. The molecular formula is C24H25Cl2N3O4. The lowest BCUT2D eigenvalue weighted by Gasteiger charge is -2.38. The van der Waals surface area contributed by atoms with Crippen molar-refractivity contribution in [2.75, 3.05) is 31.1 Å². The molecule has 1 amide bonds. The fraction of sp³-hybridized carbons (Fsp3) is 0.417. The normalized spacial score (nSPS) is 18.3. The van der Waals surface area contributed by atoms with Crippen LogP contribution in [0.2, 0.25) is 10.0 Å². The smallest absolute Gasteiger partial charge is 0.410 e. The third kappa shape index (κ3) is 5.11. The van der Waals surface area contributed by atoms with Gasteiger partial charge in [0, 0.05) is 44.4 Å². The Bertz CT molecular complexity index is 1120. The van der Waals surface area contributed by atoms with Gasteiger partial charge in [0.1, 0.15) is 17.6 Å². The van der Waals surface area contributed by atoms with E-state index >= 15 is 0 Å². The lowest BCUT2D eigenvalue weighted by atomic mass is 9.94. The van der Waals surface area contributed by atoms with Crippen LogP contribution in [-0.4, -0.2) is 53.7 Å². The van der Waals surface area contributed by atoms with Crippen LogP contribution in [0.25, 0.3) is 5.57 Å². The zero-order valence-electron chi connectivity index (χ0n) is 18.7. The maximum Gasteiger partial charge on any atom is 0.410 e. The first kappa shape index (κ1) is 23.4. The van der Waals surface area contributed by atoms with Gasteiger partial charge in [-0.05, 0) is 32.9 Å². The zero-order chi connectivity index (χ0) is 23.8. The van der Waals surface area contributed by atoms with Crippen LogP contribution in [0.5, 0.6) is 5.75 Å². The van der Waals surface area contributed by atoms with Crippen molar-refractivity contribution in [3.63, 3.8) is 0 Å². The summed E-state index contributed by atoms with van der Waals surface area (Å²) in [5.41, 5.74) is 2.04. The molecule has 1 aromatic carbocycles. The summed E-state index contributed by atoms with van der Waals surface area (Å²) in [6.07, 6.45) is 0.958. The number of pyridine rings is 1. The van der Waals surface area contributed by atoms with Gasteiger partial charge in [-0.25, -0.2) is 9.59 Å². The number of carbonyl (C=O) groups excluding carboxylic acids is 2. The molecule has 1 aromatic heterocycles. The molecule has 0 aliphatic carbocycles. The van der Waals surface area contributed by atoms with E-state index in [0.29, 0.717) is 65.2 Å². The topological polar surface area (TPSA) is 72.0 Å². The molecule has 1 saturated heterocycles. The minimum Gasteiger partial charge on any atom is -0.481 e. The summed E-state index contributed by atoms with van der Waals surface area (Å²) in [5.74, 6) is 2.65. The number of para-hydroxylation sites is 1. The fourth-order valence-electron chi connectivity index (χ4n) is 3.98. The highest BCUT2D eigenvalue weighted by Crippen LogP contribution is 2.46. The molecule has 2 aliphatic rings. The molecule has 1 unspecified atom stereocenters. The van der Waals surface area contributed by atoms with Gasteiger partial charge in [0.05, 0.1) is 27.0 Å². The number of carbonyl (C=O) groups is 1. The van der Waals surface area contributed by atoms with E-state index in [1.807, 2.05) is 39.0 Å². The Labute approximate surface area is 202 Å². The number of hydrogen-bond acceptors (Lipinski definition) is 6. The second-order valence-electron chi connectivity index (χ2n) is 9.02. The number of hydrogen-bond donors (Lipinski definition) is 0. The Morgan fingerprint density at radius 3 is 2.58 bits per heavy atom. The van der Waals surface area contributed by atoms with Crippen LogP contribution in [0.3, 0.4) is 0 Å². The SMILES string of the molecule is CC(C)(C)OC(=O)N1CCN(c2cccc3c2OC(c2ncc(Cl)cc2Cl)CC3=C=O)CC1. The molecule has 2 aromatic rings. The number of halogens is 2. The summed E-state index contributed by atoms with van der Waals surface area (Å²) in [6, 6.07) is 7.30. The molecule has 1 atom stereocenters. The van der Waals surface area contributed by atoms with Crippen molar-refractivity contribution < 1.29 is 19.1 Å². The predicted molar refractivity (Wildman–Crippen MR) is 128 cm³/mol. The Hall–Kier alpha value is -2.73. The molecule has 0 bridgehead atoms. The Morgan fingerprint density at radius 1 is 1.21 bits per heavy atom. The molecule has 0 N–H and O–H groups in total. The van der Waals surface area contributed by atoms with E-state index in [4.69, 9.17) is 32.7 Å². The van der Waals surface area contributed by atoms with Crippen LogP contribution >= 0.6 is 23.2 Å². The van der Waals surface area contributed by atoms with Gasteiger partial charge in [-0.3, -0.25) is 4.98 Å². The van der Waals surface area contributed by atoms with Crippen LogP contribution < -0.4 is 9.64 Å². The lowest BCUT2D eigenvalue weighted by Crippen LogP contribution is -2.50. The van der Waals surface area contributed by atoms with E-state index in [2.05, 4.69) is 15.8 Å². The summed E-state index contributed by atoms with van der Waals surface area (Å²) in [6.45, 7) is 7.79. The van der Waals surface area contributed by atoms with Gasteiger partial charge >= 0.3 is 6.09 Å². The lowest BCUT2D eigenvalue weighted by molar-refractivity contribution is 0.0240. The van der Waals surface area contributed by atoms with Crippen molar-refractivity contribution in [1.82, 2.24) is 9.88 Å². The monoisotopic (exact) mass is 489 g/mol. The van der Waals surface area contributed by atoms with Gasteiger partial charge < -0.3 is 19.3 Å². The van der Waals surface area contributed by atoms with Crippen LogP contribution in [0.1, 0.15) is 44.6 Å². The third-order valence-corrected chi connectivity index (χ3v) is 6.01. The highest BCUT2D eigenvalue weighted by Gasteiger charge is 2.33. The van der Waals surface area contributed by atoms with Crippen LogP contribution in [-0.2, 0) is 9.53 Å². The first-order valence-electron chi connectivity index (χ1n) is 10.7. The Balaban J connectivity index is 1.58. The molecule has 3 heterocycles. The molecule has 2 aliphatic heterocycles. The number of anilines is 1. The van der Waals surface area contributed by atoms with E-state index in [1.165, 1.54) is 6.20 Å². The summed E-state index contributed by atoms with van der Waals surface area (Å²) in [5, 5.41) is 0.805. The van der Waals surface area contributed by atoms with Crippen molar-refractivity contribution in [2.45, 2.75) is 38.9 Å². The predicted octanol–water partition coefficient (Wildman–Crippen LogP) is 5.18. The summed E-state index contributed by atoms with van der Waals surface area (Å²) in [4.78, 5) is 32.4. The van der Waals surface area contributed by atoms with Crippen molar-refractivity contribution in [3.05, 3.63) is 51.8 Å². The number of rotatable bonds is 2. The molecule has 0 radical (unpaired) electrons. The van der Waals surface area contributed by atoms with E-state index in [0.717, 1.165) is 5.69 Å². The number of amides is 1. The summed E-state index contributed by atoms with van der Waals surface area (Å²) >= 11 is 12.4. The maximum absolute atomic E-state index is 12.4. The third-order valence-electron chi connectivity index (χ3n) is 5.51. The average Bonchev–Trinajstić information content (AvgIpc) is 2.77. The highest BCUT2D eigenvalue weighted by molar-refractivity contribution is 6.34. The van der Waals surface area contributed by atoms with Crippen LogP contribution in [0.15, 0.2) is 30.5 Å². The number of ether oxygens (including phenoxy) is 2. The van der Waals surface area contributed by atoms with Gasteiger partial charge in [0.25, 0.3) is 0 Å². The number of nitrogens with zero attached hydrogens (tertiary/aromatic N) is 3. The number of fused-ring (bicyclic) bond motifs is 1. The minimum atomic E-state index is -0.539. The molecule has 0 saturated carbocycles. The van der Waals surface area contributed by atoms with Gasteiger partial charge in [-0.2, -0.15) is 0 Å². The molecule has 33 heavy (non-hydrogen) atoms. The van der Waals surface area contributed by atoms with E-state index in [1.54, 1.807) is 11.0 Å². The largest absolute Gasteiger partial charge is 0.481 e. The second kappa shape index (κ2) is 9.26. The van der Waals surface area contributed by atoms with Crippen LogP contribution in [0.4, 0.5) is 10.5 Å². The van der Waals surface area contributed by atoms with E-state index in [-0.39, 0.29) is 6.09 Å². The number of benzene rings is 1.